The predicted molar refractivity (Wildman–Crippen MR) is 80.9 cm³/mol. The van der Waals surface area contributed by atoms with Crippen molar-refractivity contribution in [2.45, 2.75) is 32.2 Å². The number of benzene rings is 1. The van der Waals surface area contributed by atoms with Crippen LogP contribution < -0.4 is 5.32 Å². The lowest BCUT2D eigenvalue weighted by Gasteiger charge is -2.40. The molecule has 1 aliphatic rings. The molecule has 0 radical (unpaired) electrons. The average Bonchev–Trinajstić information content (AvgIpc) is 2.40. The topological polar surface area (TPSA) is 52.6 Å². The maximum absolute atomic E-state index is 13.3. The first kappa shape index (κ1) is 15.8. The van der Waals surface area contributed by atoms with Gasteiger partial charge in [0.25, 0.3) is 0 Å². The van der Waals surface area contributed by atoms with Crippen molar-refractivity contribution in [2.24, 2.45) is 5.92 Å². The Morgan fingerprint density at radius 1 is 1.43 bits per heavy atom. The third-order valence-electron chi connectivity index (χ3n) is 3.95. The second kappa shape index (κ2) is 6.43. The van der Waals surface area contributed by atoms with E-state index in [0.29, 0.717) is 24.4 Å². The van der Waals surface area contributed by atoms with E-state index < -0.39 is 11.5 Å². The van der Waals surface area contributed by atoms with Gasteiger partial charge >= 0.3 is 5.97 Å². The Labute approximate surface area is 125 Å². The van der Waals surface area contributed by atoms with Gasteiger partial charge in [0.2, 0.25) is 0 Å². The summed E-state index contributed by atoms with van der Waals surface area (Å²) in [6.45, 7) is 6.78. The van der Waals surface area contributed by atoms with Crippen LogP contribution in [-0.2, 0) is 4.79 Å². The number of nitrogens with zero attached hydrogens (tertiary/aromatic N) is 1. The molecule has 1 fully saturated rings. The van der Waals surface area contributed by atoms with Crippen LogP contribution in [0, 0.1) is 11.7 Å². The van der Waals surface area contributed by atoms with Gasteiger partial charge in [-0.05, 0) is 37.0 Å². The number of carboxylic acids is 1. The third-order valence-corrected chi connectivity index (χ3v) is 3.95. The Morgan fingerprint density at radius 2 is 2.10 bits per heavy atom. The lowest BCUT2D eigenvalue weighted by atomic mass is 9.86. The lowest BCUT2D eigenvalue weighted by molar-refractivity contribution is -0.144. The van der Waals surface area contributed by atoms with Crippen molar-refractivity contribution in [3.8, 4) is 0 Å². The highest BCUT2D eigenvalue weighted by Crippen LogP contribution is 2.28. The fourth-order valence-corrected chi connectivity index (χ4v) is 2.87. The molecule has 2 N–H and O–H groups in total. The zero-order valence-corrected chi connectivity index (χ0v) is 12.6. The molecule has 0 atom stereocenters. The Morgan fingerprint density at radius 3 is 2.62 bits per heavy atom. The standard InChI is InChI=1S/C16H23FN2O2/c1-12(2)11-19-8-6-16(7-9-19,15(20)21)18-14-5-3-4-13(17)10-14/h3-5,10,12,18H,6-9,11H2,1-2H3,(H,20,21). The highest BCUT2D eigenvalue weighted by Gasteiger charge is 2.41. The van der Waals surface area contributed by atoms with E-state index in [1.807, 2.05) is 0 Å². The number of hydrogen-bond donors (Lipinski definition) is 2. The number of hydrogen-bond acceptors (Lipinski definition) is 3. The smallest absolute Gasteiger partial charge is 0.329 e. The maximum Gasteiger partial charge on any atom is 0.329 e. The summed E-state index contributed by atoms with van der Waals surface area (Å²) in [5.74, 6) is -0.660. The minimum Gasteiger partial charge on any atom is -0.480 e. The fourth-order valence-electron chi connectivity index (χ4n) is 2.87. The quantitative estimate of drug-likeness (QED) is 0.877. The van der Waals surface area contributed by atoms with E-state index in [4.69, 9.17) is 0 Å². The highest BCUT2D eigenvalue weighted by atomic mass is 19.1. The van der Waals surface area contributed by atoms with Gasteiger partial charge in [-0.25, -0.2) is 9.18 Å². The molecule has 1 saturated heterocycles. The zero-order chi connectivity index (χ0) is 15.5. The van der Waals surface area contributed by atoms with E-state index in [0.717, 1.165) is 19.6 Å². The largest absolute Gasteiger partial charge is 0.480 e. The van der Waals surface area contributed by atoms with Crippen LogP contribution in [0.5, 0.6) is 0 Å². The van der Waals surface area contributed by atoms with Crippen LogP contribution in [0.25, 0.3) is 0 Å². The van der Waals surface area contributed by atoms with Gasteiger partial charge in [-0.15, -0.1) is 0 Å². The number of carboxylic acid groups (broad SMARTS) is 1. The molecule has 0 saturated carbocycles. The van der Waals surface area contributed by atoms with Crippen molar-refractivity contribution in [1.82, 2.24) is 4.90 Å². The molecule has 0 spiro atoms. The number of likely N-dealkylation sites (tertiary alicyclic amines) is 1. The average molecular weight is 294 g/mol. The van der Waals surface area contributed by atoms with E-state index in [9.17, 15) is 14.3 Å². The SMILES string of the molecule is CC(C)CN1CCC(Nc2cccc(F)c2)(C(=O)O)CC1. The van der Waals surface area contributed by atoms with Gasteiger partial charge in [0.05, 0.1) is 0 Å². The van der Waals surface area contributed by atoms with Crippen LogP contribution in [0.3, 0.4) is 0 Å². The van der Waals surface area contributed by atoms with E-state index in [-0.39, 0.29) is 5.82 Å². The van der Waals surface area contributed by atoms with Crippen molar-refractivity contribution in [3.63, 3.8) is 0 Å². The minimum absolute atomic E-state index is 0.363. The Hall–Kier alpha value is -1.62. The van der Waals surface area contributed by atoms with Crippen molar-refractivity contribution in [1.29, 1.82) is 0 Å². The monoisotopic (exact) mass is 294 g/mol. The van der Waals surface area contributed by atoms with Gasteiger partial charge < -0.3 is 15.3 Å². The Bertz CT molecular complexity index is 497. The summed E-state index contributed by atoms with van der Waals surface area (Å²) in [6, 6.07) is 5.98. The van der Waals surface area contributed by atoms with Gasteiger partial charge in [-0.3, -0.25) is 0 Å². The lowest BCUT2D eigenvalue weighted by Crippen LogP contribution is -2.54. The number of rotatable bonds is 5. The maximum atomic E-state index is 13.3. The summed E-state index contributed by atoms with van der Waals surface area (Å²) >= 11 is 0. The second-order valence-electron chi connectivity index (χ2n) is 6.22. The Balaban J connectivity index is 2.07. The molecular weight excluding hydrogens is 271 g/mol. The van der Waals surface area contributed by atoms with E-state index in [1.54, 1.807) is 12.1 Å². The molecular formula is C16H23FN2O2. The van der Waals surface area contributed by atoms with E-state index in [2.05, 4.69) is 24.1 Å². The predicted octanol–water partition coefficient (Wildman–Crippen LogP) is 2.81. The molecule has 21 heavy (non-hydrogen) atoms. The molecule has 1 aromatic rings. The summed E-state index contributed by atoms with van der Waals surface area (Å²) in [6.07, 6.45) is 1.04. The van der Waals surface area contributed by atoms with Gasteiger partial charge in [0.1, 0.15) is 11.4 Å². The fraction of sp³-hybridized carbons (Fsp3) is 0.562. The highest BCUT2D eigenvalue weighted by molar-refractivity contribution is 5.83. The number of piperidine rings is 1. The molecule has 5 heteroatoms. The van der Waals surface area contributed by atoms with Crippen molar-refractivity contribution in [3.05, 3.63) is 30.1 Å². The minimum atomic E-state index is -0.999. The van der Waals surface area contributed by atoms with E-state index in [1.165, 1.54) is 12.1 Å². The molecule has 116 valence electrons. The summed E-state index contributed by atoms with van der Waals surface area (Å²) < 4.78 is 13.3. The van der Waals surface area contributed by atoms with Crippen LogP contribution in [0.1, 0.15) is 26.7 Å². The molecule has 4 nitrogen and oxygen atoms in total. The van der Waals surface area contributed by atoms with Crippen LogP contribution in [0.4, 0.5) is 10.1 Å². The molecule has 1 aromatic carbocycles. The van der Waals surface area contributed by atoms with Gasteiger partial charge in [0.15, 0.2) is 0 Å². The van der Waals surface area contributed by atoms with Crippen LogP contribution in [-0.4, -0.2) is 41.1 Å². The molecule has 2 rings (SSSR count). The summed E-state index contributed by atoms with van der Waals surface area (Å²) in [5.41, 5.74) is -0.476. The molecule has 0 amide bonds. The zero-order valence-electron chi connectivity index (χ0n) is 12.6. The van der Waals surface area contributed by atoms with Gasteiger partial charge in [-0.1, -0.05) is 19.9 Å². The number of anilines is 1. The van der Waals surface area contributed by atoms with Crippen LogP contribution >= 0.6 is 0 Å². The normalized spacial score (nSPS) is 18.7. The van der Waals surface area contributed by atoms with Crippen LogP contribution in [0.2, 0.25) is 0 Å². The number of carbonyl (C=O) groups is 1. The second-order valence-corrected chi connectivity index (χ2v) is 6.22. The van der Waals surface area contributed by atoms with Gasteiger partial charge in [0, 0.05) is 25.3 Å². The number of halogens is 1. The number of aliphatic carboxylic acids is 1. The first-order valence-electron chi connectivity index (χ1n) is 7.41. The summed E-state index contributed by atoms with van der Waals surface area (Å²) in [7, 11) is 0. The third kappa shape index (κ3) is 3.94. The van der Waals surface area contributed by atoms with Crippen LogP contribution in [0.15, 0.2) is 24.3 Å². The first-order chi connectivity index (χ1) is 9.91. The molecule has 1 heterocycles. The van der Waals surface area contributed by atoms with Crippen molar-refractivity contribution in [2.75, 3.05) is 25.0 Å². The molecule has 0 bridgehead atoms. The molecule has 0 aliphatic carbocycles. The Kier molecular flexibility index (Phi) is 4.83. The summed E-state index contributed by atoms with van der Waals surface area (Å²) in [5, 5.41) is 12.7. The molecule has 0 unspecified atom stereocenters. The summed E-state index contributed by atoms with van der Waals surface area (Å²) in [4.78, 5) is 14.0. The van der Waals surface area contributed by atoms with Gasteiger partial charge in [-0.2, -0.15) is 0 Å². The van der Waals surface area contributed by atoms with E-state index >= 15 is 0 Å². The van der Waals surface area contributed by atoms with Crippen molar-refractivity contribution >= 4 is 11.7 Å². The molecule has 0 aromatic heterocycles. The molecule has 1 aliphatic heterocycles. The number of nitrogens with one attached hydrogen (secondary N) is 1. The van der Waals surface area contributed by atoms with Crippen molar-refractivity contribution < 1.29 is 14.3 Å². The first-order valence-corrected chi connectivity index (χ1v) is 7.41.